The highest BCUT2D eigenvalue weighted by atomic mass is 35.5. The topological polar surface area (TPSA) is 59.8 Å². The highest BCUT2D eigenvalue weighted by Crippen LogP contribution is 2.18. The minimum absolute atomic E-state index is 0.201. The van der Waals surface area contributed by atoms with E-state index in [9.17, 15) is 4.79 Å². The first kappa shape index (κ1) is 12.6. The molecule has 6 heteroatoms. The Hall–Kier alpha value is -1.88. The van der Waals surface area contributed by atoms with Crippen LogP contribution in [-0.2, 0) is 7.05 Å². The molecule has 0 aliphatic heterocycles. The normalized spacial score (nSPS) is 10.4. The molecule has 1 amide bonds. The van der Waals surface area contributed by atoms with Gasteiger partial charge in [-0.1, -0.05) is 11.6 Å². The van der Waals surface area contributed by atoms with Crippen molar-refractivity contribution in [3.8, 4) is 0 Å². The molecule has 0 spiro atoms. The number of hydrogen-bond donors (Lipinski definition) is 1. The van der Waals surface area contributed by atoms with Crippen LogP contribution in [0.3, 0.4) is 0 Å². The number of halogens is 1. The molecule has 0 bridgehead atoms. The lowest BCUT2D eigenvalue weighted by atomic mass is 10.2. The van der Waals surface area contributed by atoms with Gasteiger partial charge in [0.15, 0.2) is 0 Å². The van der Waals surface area contributed by atoms with Crippen LogP contribution in [0, 0.1) is 13.8 Å². The van der Waals surface area contributed by atoms with E-state index < -0.39 is 0 Å². The average Bonchev–Trinajstić information content (AvgIpc) is 2.64. The van der Waals surface area contributed by atoms with Gasteiger partial charge in [0.2, 0.25) is 0 Å². The molecule has 2 heterocycles. The number of nitrogens with one attached hydrogen (secondary N) is 1. The summed E-state index contributed by atoms with van der Waals surface area (Å²) in [6.07, 6.45) is 3.09. The van der Waals surface area contributed by atoms with Crippen LogP contribution in [0.4, 0.5) is 5.69 Å². The fourth-order valence-corrected chi connectivity index (χ4v) is 1.78. The first-order valence-electron chi connectivity index (χ1n) is 5.41. The highest BCUT2D eigenvalue weighted by Gasteiger charge is 2.13. The highest BCUT2D eigenvalue weighted by molar-refractivity contribution is 6.29. The number of nitrogens with zero attached hydrogens (tertiary/aromatic N) is 3. The van der Waals surface area contributed by atoms with Gasteiger partial charge < -0.3 is 5.32 Å². The smallest absolute Gasteiger partial charge is 0.259 e. The van der Waals surface area contributed by atoms with Crippen LogP contribution in [0.5, 0.6) is 0 Å². The van der Waals surface area contributed by atoms with Crippen molar-refractivity contribution in [2.45, 2.75) is 13.8 Å². The van der Waals surface area contributed by atoms with E-state index in [4.69, 9.17) is 11.6 Å². The zero-order valence-electron chi connectivity index (χ0n) is 10.4. The standard InChI is InChI=1S/C12H13ClN4O/c1-7-4-11(13)14-6-10(7)16-12(18)9-5-15-17(3)8(9)2/h4-6H,1-3H3,(H,16,18). The summed E-state index contributed by atoms with van der Waals surface area (Å²) >= 11 is 5.76. The lowest BCUT2D eigenvalue weighted by Crippen LogP contribution is -2.14. The molecule has 18 heavy (non-hydrogen) atoms. The number of amides is 1. The lowest BCUT2D eigenvalue weighted by molar-refractivity contribution is 0.102. The molecule has 0 atom stereocenters. The number of rotatable bonds is 2. The van der Waals surface area contributed by atoms with E-state index in [1.165, 1.54) is 0 Å². The predicted octanol–water partition coefficient (Wildman–Crippen LogP) is 2.34. The fourth-order valence-electron chi connectivity index (χ4n) is 1.56. The van der Waals surface area contributed by atoms with Crippen LogP contribution >= 0.6 is 11.6 Å². The molecule has 0 fully saturated rings. The maximum atomic E-state index is 12.1. The van der Waals surface area contributed by atoms with Gasteiger partial charge >= 0.3 is 0 Å². The number of carbonyl (C=O) groups is 1. The van der Waals surface area contributed by atoms with Crippen molar-refractivity contribution in [1.29, 1.82) is 0 Å². The van der Waals surface area contributed by atoms with Gasteiger partial charge in [0.1, 0.15) is 5.15 Å². The van der Waals surface area contributed by atoms with Crippen LogP contribution < -0.4 is 5.32 Å². The maximum absolute atomic E-state index is 12.1. The quantitative estimate of drug-likeness (QED) is 0.847. The summed E-state index contributed by atoms with van der Waals surface area (Å²) in [6, 6.07) is 1.70. The third-order valence-electron chi connectivity index (χ3n) is 2.81. The SMILES string of the molecule is Cc1cc(Cl)ncc1NC(=O)c1cnn(C)c1C. The second-order valence-corrected chi connectivity index (χ2v) is 4.43. The number of aryl methyl sites for hydroxylation is 2. The van der Waals surface area contributed by atoms with E-state index in [0.29, 0.717) is 16.4 Å². The van der Waals surface area contributed by atoms with Gasteiger partial charge in [-0.3, -0.25) is 9.48 Å². The monoisotopic (exact) mass is 264 g/mol. The number of aromatic nitrogens is 3. The molecular formula is C12H13ClN4O. The van der Waals surface area contributed by atoms with Crippen molar-refractivity contribution in [3.05, 3.63) is 40.4 Å². The minimum Gasteiger partial charge on any atom is -0.320 e. The molecule has 0 saturated carbocycles. The first-order valence-corrected chi connectivity index (χ1v) is 5.79. The molecule has 0 aliphatic rings. The second-order valence-electron chi connectivity index (χ2n) is 4.04. The van der Waals surface area contributed by atoms with E-state index in [2.05, 4.69) is 15.4 Å². The Kier molecular flexibility index (Phi) is 3.34. The van der Waals surface area contributed by atoms with Gasteiger partial charge in [-0.2, -0.15) is 5.10 Å². The Bertz CT molecular complexity index is 606. The first-order chi connectivity index (χ1) is 8.49. The summed E-state index contributed by atoms with van der Waals surface area (Å²) in [5.74, 6) is -0.201. The van der Waals surface area contributed by atoms with Gasteiger partial charge in [-0.15, -0.1) is 0 Å². The molecule has 94 valence electrons. The van der Waals surface area contributed by atoms with Crippen molar-refractivity contribution in [1.82, 2.24) is 14.8 Å². The predicted molar refractivity (Wildman–Crippen MR) is 69.9 cm³/mol. The van der Waals surface area contributed by atoms with E-state index in [1.54, 1.807) is 30.2 Å². The molecule has 2 aromatic rings. The number of anilines is 1. The van der Waals surface area contributed by atoms with Gasteiger partial charge in [0, 0.05) is 12.7 Å². The van der Waals surface area contributed by atoms with Gasteiger partial charge in [-0.25, -0.2) is 4.98 Å². The van der Waals surface area contributed by atoms with Crippen LogP contribution in [0.15, 0.2) is 18.5 Å². The Morgan fingerprint density at radius 3 is 2.67 bits per heavy atom. The van der Waals surface area contributed by atoms with Gasteiger partial charge in [-0.05, 0) is 25.5 Å². The maximum Gasteiger partial charge on any atom is 0.259 e. The second kappa shape index (κ2) is 4.78. The van der Waals surface area contributed by atoms with Crippen molar-refractivity contribution < 1.29 is 4.79 Å². The van der Waals surface area contributed by atoms with Crippen molar-refractivity contribution in [2.75, 3.05) is 5.32 Å². The van der Waals surface area contributed by atoms with Crippen molar-refractivity contribution >= 4 is 23.2 Å². The molecule has 1 N–H and O–H groups in total. The Balaban J connectivity index is 2.24. The summed E-state index contributed by atoms with van der Waals surface area (Å²) in [4.78, 5) is 16.0. The zero-order valence-corrected chi connectivity index (χ0v) is 11.1. The summed E-state index contributed by atoms with van der Waals surface area (Å²) in [5, 5.41) is 7.23. The average molecular weight is 265 g/mol. The minimum atomic E-state index is -0.201. The van der Waals surface area contributed by atoms with Crippen LogP contribution in [0.2, 0.25) is 5.15 Å². The number of pyridine rings is 1. The van der Waals surface area contributed by atoms with E-state index >= 15 is 0 Å². The molecular weight excluding hydrogens is 252 g/mol. The van der Waals surface area contributed by atoms with Gasteiger partial charge in [0.05, 0.1) is 23.6 Å². The molecule has 0 radical (unpaired) electrons. The van der Waals surface area contributed by atoms with Crippen LogP contribution in [0.25, 0.3) is 0 Å². The van der Waals surface area contributed by atoms with Crippen LogP contribution in [0.1, 0.15) is 21.6 Å². The van der Waals surface area contributed by atoms with Crippen LogP contribution in [-0.4, -0.2) is 20.7 Å². The summed E-state index contributed by atoms with van der Waals surface area (Å²) < 4.78 is 1.65. The Morgan fingerprint density at radius 1 is 1.39 bits per heavy atom. The van der Waals surface area contributed by atoms with E-state index in [0.717, 1.165) is 11.3 Å². The van der Waals surface area contributed by atoms with Gasteiger partial charge in [0.25, 0.3) is 5.91 Å². The summed E-state index contributed by atoms with van der Waals surface area (Å²) in [6.45, 7) is 3.70. The van der Waals surface area contributed by atoms with Crippen molar-refractivity contribution in [2.24, 2.45) is 7.05 Å². The largest absolute Gasteiger partial charge is 0.320 e. The fraction of sp³-hybridized carbons (Fsp3) is 0.250. The zero-order chi connectivity index (χ0) is 13.3. The molecule has 0 unspecified atom stereocenters. The molecule has 2 rings (SSSR count). The summed E-state index contributed by atoms with van der Waals surface area (Å²) in [7, 11) is 1.79. The van der Waals surface area contributed by atoms with E-state index in [-0.39, 0.29) is 5.91 Å². The molecule has 2 aromatic heterocycles. The van der Waals surface area contributed by atoms with Crippen molar-refractivity contribution in [3.63, 3.8) is 0 Å². The molecule has 5 nitrogen and oxygen atoms in total. The molecule has 0 aromatic carbocycles. The Labute approximate surface area is 110 Å². The lowest BCUT2D eigenvalue weighted by Gasteiger charge is -2.07. The number of carbonyl (C=O) groups excluding carboxylic acids is 1. The third kappa shape index (κ3) is 2.36. The third-order valence-corrected chi connectivity index (χ3v) is 3.01. The van der Waals surface area contributed by atoms with E-state index in [1.807, 2.05) is 13.8 Å². The molecule has 0 saturated heterocycles. The number of hydrogen-bond acceptors (Lipinski definition) is 3. The Morgan fingerprint density at radius 2 is 2.11 bits per heavy atom. The summed E-state index contributed by atoms with van der Waals surface area (Å²) in [5.41, 5.74) is 2.87. The molecule has 0 aliphatic carbocycles.